The predicted octanol–water partition coefficient (Wildman–Crippen LogP) is 0.496. The van der Waals surface area contributed by atoms with E-state index in [0.29, 0.717) is 12.2 Å². The molecule has 2 unspecified atom stereocenters. The third-order valence-corrected chi connectivity index (χ3v) is 2.49. The number of nitrogens with zero attached hydrogens (tertiary/aromatic N) is 1. The maximum Gasteiger partial charge on any atom is 0.0822 e. The minimum atomic E-state index is 0.416. The predicted molar refractivity (Wildman–Crippen MR) is 46.2 cm³/mol. The minimum Gasteiger partial charge on any atom is -0.376 e. The molecule has 3 nitrogen and oxygen atoms in total. The molecule has 2 aliphatic rings. The first-order valence-corrected chi connectivity index (χ1v) is 4.80. The smallest absolute Gasteiger partial charge is 0.0822 e. The molecule has 0 radical (unpaired) electrons. The van der Waals surface area contributed by atoms with Gasteiger partial charge < -0.3 is 9.47 Å². The first-order valence-electron chi connectivity index (χ1n) is 4.80. The molecule has 12 heavy (non-hydrogen) atoms. The van der Waals surface area contributed by atoms with E-state index in [1.807, 2.05) is 0 Å². The summed E-state index contributed by atoms with van der Waals surface area (Å²) in [4.78, 5) is 2.47. The van der Waals surface area contributed by atoms with Crippen LogP contribution in [0.25, 0.3) is 0 Å². The van der Waals surface area contributed by atoms with Crippen molar-refractivity contribution in [2.45, 2.75) is 25.6 Å². The number of hydrogen-bond acceptors (Lipinski definition) is 3. The first-order chi connectivity index (χ1) is 5.84. The Morgan fingerprint density at radius 1 is 1.42 bits per heavy atom. The molecular formula is C9H17NO2. The van der Waals surface area contributed by atoms with Gasteiger partial charge in [-0.1, -0.05) is 0 Å². The van der Waals surface area contributed by atoms with E-state index in [4.69, 9.17) is 9.47 Å². The van der Waals surface area contributed by atoms with Gasteiger partial charge in [-0.15, -0.1) is 0 Å². The van der Waals surface area contributed by atoms with Gasteiger partial charge in [-0.2, -0.15) is 0 Å². The van der Waals surface area contributed by atoms with Crippen molar-refractivity contribution < 1.29 is 9.47 Å². The number of morpholine rings is 1. The molecule has 0 aromatic rings. The molecular weight excluding hydrogens is 154 g/mol. The van der Waals surface area contributed by atoms with E-state index in [1.54, 1.807) is 0 Å². The van der Waals surface area contributed by atoms with Crippen molar-refractivity contribution >= 4 is 0 Å². The highest BCUT2D eigenvalue weighted by atomic mass is 16.6. The van der Waals surface area contributed by atoms with Crippen molar-refractivity contribution in [2.24, 2.45) is 0 Å². The van der Waals surface area contributed by atoms with Gasteiger partial charge in [-0.05, 0) is 13.3 Å². The molecule has 0 amide bonds. The summed E-state index contributed by atoms with van der Waals surface area (Å²) in [6.07, 6.45) is 2.19. The van der Waals surface area contributed by atoms with E-state index in [-0.39, 0.29) is 0 Å². The lowest BCUT2D eigenvalue weighted by Gasteiger charge is -2.30. The summed E-state index contributed by atoms with van der Waals surface area (Å²) in [6.45, 7) is 7.38. The monoisotopic (exact) mass is 171 g/mol. The summed E-state index contributed by atoms with van der Waals surface area (Å²) in [7, 11) is 0. The van der Waals surface area contributed by atoms with Gasteiger partial charge in [0.15, 0.2) is 0 Å². The Morgan fingerprint density at radius 2 is 2.25 bits per heavy atom. The van der Waals surface area contributed by atoms with Crippen LogP contribution in [0.1, 0.15) is 13.3 Å². The Hall–Kier alpha value is -0.120. The van der Waals surface area contributed by atoms with Gasteiger partial charge >= 0.3 is 0 Å². The van der Waals surface area contributed by atoms with Crippen LogP contribution in [-0.2, 0) is 9.47 Å². The van der Waals surface area contributed by atoms with Crippen molar-refractivity contribution in [1.82, 2.24) is 4.90 Å². The van der Waals surface area contributed by atoms with E-state index in [2.05, 4.69) is 11.8 Å². The van der Waals surface area contributed by atoms with Crippen LogP contribution < -0.4 is 0 Å². The van der Waals surface area contributed by atoms with Crippen molar-refractivity contribution in [1.29, 1.82) is 0 Å². The highest BCUT2D eigenvalue weighted by molar-refractivity contribution is 4.74. The molecule has 2 aliphatic heterocycles. The van der Waals surface area contributed by atoms with Crippen LogP contribution in [0.15, 0.2) is 0 Å². The summed E-state index contributed by atoms with van der Waals surface area (Å²) in [5.74, 6) is 0. The van der Waals surface area contributed by atoms with Gasteiger partial charge in [0, 0.05) is 19.6 Å². The van der Waals surface area contributed by atoms with Gasteiger partial charge in [0.05, 0.1) is 25.4 Å². The SMILES string of the molecule is CC1CN(CCC2CO2)CCO1. The van der Waals surface area contributed by atoms with E-state index in [9.17, 15) is 0 Å². The van der Waals surface area contributed by atoms with Crippen molar-refractivity contribution in [3.63, 3.8) is 0 Å². The maximum absolute atomic E-state index is 5.46. The molecule has 0 bridgehead atoms. The lowest BCUT2D eigenvalue weighted by molar-refractivity contribution is -0.0189. The van der Waals surface area contributed by atoms with Gasteiger partial charge in [0.25, 0.3) is 0 Å². The topological polar surface area (TPSA) is 25.0 Å². The second-order valence-corrected chi connectivity index (χ2v) is 3.73. The number of epoxide rings is 1. The summed E-state index contributed by atoms with van der Waals surface area (Å²) in [5.41, 5.74) is 0. The van der Waals surface area contributed by atoms with Gasteiger partial charge in [0.2, 0.25) is 0 Å². The lowest BCUT2D eigenvalue weighted by Crippen LogP contribution is -2.41. The standard InChI is InChI=1S/C9H17NO2/c1-8-6-10(4-5-11-8)3-2-9-7-12-9/h8-9H,2-7H2,1H3. The van der Waals surface area contributed by atoms with Crippen LogP contribution in [0.3, 0.4) is 0 Å². The van der Waals surface area contributed by atoms with Crippen molar-refractivity contribution in [3.05, 3.63) is 0 Å². The van der Waals surface area contributed by atoms with Crippen molar-refractivity contribution in [2.75, 3.05) is 32.8 Å². The second-order valence-electron chi connectivity index (χ2n) is 3.73. The number of hydrogen-bond donors (Lipinski definition) is 0. The summed E-state index contributed by atoms with van der Waals surface area (Å²) in [6, 6.07) is 0. The normalized spacial score (nSPS) is 36.8. The molecule has 0 N–H and O–H groups in total. The molecule has 0 saturated carbocycles. The number of rotatable bonds is 3. The van der Waals surface area contributed by atoms with Crippen LogP contribution in [-0.4, -0.2) is 50.0 Å². The van der Waals surface area contributed by atoms with Gasteiger partial charge in [0.1, 0.15) is 0 Å². The van der Waals surface area contributed by atoms with Crippen molar-refractivity contribution in [3.8, 4) is 0 Å². The Balaban J connectivity index is 1.64. The van der Waals surface area contributed by atoms with Gasteiger partial charge in [-0.3, -0.25) is 4.90 Å². The molecule has 0 aromatic heterocycles. The van der Waals surface area contributed by atoms with E-state index in [1.165, 1.54) is 13.0 Å². The Bertz CT molecular complexity index is 147. The van der Waals surface area contributed by atoms with Crippen LogP contribution in [0.5, 0.6) is 0 Å². The largest absolute Gasteiger partial charge is 0.376 e. The number of ether oxygens (including phenoxy) is 2. The molecule has 2 atom stereocenters. The molecule has 2 saturated heterocycles. The lowest BCUT2D eigenvalue weighted by atomic mass is 10.2. The molecule has 2 rings (SSSR count). The highest BCUT2D eigenvalue weighted by Crippen LogP contribution is 2.14. The van der Waals surface area contributed by atoms with E-state index < -0.39 is 0 Å². The summed E-state index contributed by atoms with van der Waals surface area (Å²) in [5, 5.41) is 0. The van der Waals surface area contributed by atoms with Crippen LogP contribution in [0.2, 0.25) is 0 Å². The fourth-order valence-electron chi connectivity index (χ4n) is 1.65. The molecule has 2 fully saturated rings. The zero-order valence-corrected chi connectivity index (χ0v) is 7.66. The fraction of sp³-hybridized carbons (Fsp3) is 1.00. The zero-order valence-electron chi connectivity index (χ0n) is 7.66. The van der Waals surface area contributed by atoms with Gasteiger partial charge in [-0.25, -0.2) is 0 Å². The summed E-state index contributed by atoms with van der Waals surface area (Å²) < 4.78 is 10.6. The molecule has 70 valence electrons. The summed E-state index contributed by atoms with van der Waals surface area (Å²) >= 11 is 0. The quantitative estimate of drug-likeness (QED) is 0.578. The molecule has 3 heteroatoms. The average Bonchev–Trinajstić information content (AvgIpc) is 2.84. The maximum atomic E-state index is 5.46. The van der Waals surface area contributed by atoms with E-state index in [0.717, 1.165) is 26.3 Å². The Labute approximate surface area is 73.6 Å². The molecule has 0 spiro atoms. The third-order valence-electron chi connectivity index (χ3n) is 2.49. The Kier molecular flexibility index (Phi) is 2.63. The van der Waals surface area contributed by atoms with Crippen LogP contribution in [0.4, 0.5) is 0 Å². The third kappa shape index (κ3) is 2.44. The highest BCUT2D eigenvalue weighted by Gasteiger charge is 2.24. The minimum absolute atomic E-state index is 0.416. The zero-order chi connectivity index (χ0) is 8.39. The first kappa shape index (κ1) is 8.48. The molecule has 2 heterocycles. The van der Waals surface area contributed by atoms with E-state index >= 15 is 0 Å². The fourth-order valence-corrected chi connectivity index (χ4v) is 1.65. The Morgan fingerprint density at radius 3 is 2.92 bits per heavy atom. The van der Waals surface area contributed by atoms with Crippen LogP contribution >= 0.6 is 0 Å². The molecule has 0 aromatic carbocycles. The van der Waals surface area contributed by atoms with Crippen LogP contribution in [0, 0.1) is 0 Å². The molecule has 0 aliphatic carbocycles. The average molecular weight is 171 g/mol. The second kappa shape index (κ2) is 3.73.